The Labute approximate surface area is 103 Å². The van der Waals surface area contributed by atoms with E-state index in [-0.39, 0.29) is 0 Å². The molecule has 1 heterocycles. The minimum Gasteiger partial charge on any atom is -0.320 e. The van der Waals surface area contributed by atoms with Crippen molar-refractivity contribution in [2.75, 3.05) is 13.6 Å². The van der Waals surface area contributed by atoms with Gasteiger partial charge in [0.15, 0.2) is 0 Å². The third-order valence-corrected chi connectivity index (χ3v) is 3.02. The summed E-state index contributed by atoms with van der Waals surface area (Å²) in [5, 5.41) is 4.44. The quantitative estimate of drug-likeness (QED) is 0.795. The fraction of sp³-hybridized carbons (Fsp3) is 0.400. The number of nitrogens with zero attached hydrogens (tertiary/aromatic N) is 1. The molecule has 0 aliphatic rings. The predicted molar refractivity (Wildman–Crippen MR) is 73.3 cm³/mol. The highest BCUT2D eigenvalue weighted by Gasteiger charge is 1.98. The van der Waals surface area contributed by atoms with Crippen molar-refractivity contribution in [2.24, 2.45) is 0 Å². The lowest BCUT2D eigenvalue weighted by molar-refractivity contribution is 0.677. The van der Waals surface area contributed by atoms with Crippen molar-refractivity contribution in [2.45, 2.75) is 26.2 Å². The van der Waals surface area contributed by atoms with Crippen LogP contribution in [0.1, 0.15) is 24.0 Å². The van der Waals surface area contributed by atoms with Crippen LogP contribution < -0.4 is 5.32 Å². The van der Waals surface area contributed by atoms with Crippen LogP contribution in [-0.2, 0) is 6.42 Å². The third kappa shape index (κ3) is 3.27. The van der Waals surface area contributed by atoms with Gasteiger partial charge in [-0.2, -0.15) is 0 Å². The average molecular weight is 228 g/mol. The number of aromatic nitrogens is 1. The van der Waals surface area contributed by atoms with Gasteiger partial charge < -0.3 is 5.32 Å². The summed E-state index contributed by atoms with van der Waals surface area (Å²) in [5.41, 5.74) is 3.74. The highest BCUT2D eigenvalue weighted by Crippen LogP contribution is 2.16. The first kappa shape index (κ1) is 12.1. The Hall–Kier alpha value is -1.41. The summed E-state index contributed by atoms with van der Waals surface area (Å²) >= 11 is 0. The Morgan fingerprint density at radius 2 is 2.06 bits per heavy atom. The van der Waals surface area contributed by atoms with Gasteiger partial charge in [-0.1, -0.05) is 6.07 Å². The normalized spacial score (nSPS) is 10.9. The van der Waals surface area contributed by atoms with Crippen molar-refractivity contribution >= 4 is 10.9 Å². The van der Waals surface area contributed by atoms with Gasteiger partial charge in [0, 0.05) is 11.6 Å². The van der Waals surface area contributed by atoms with Gasteiger partial charge in [-0.3, -0.25) is 4.98 Å². The first-order chi connectivity index (χ1) is 8.29. The second-order valence-corrected chi connectivity index (χ2v) is 4.60. The number of pyridine rings is 1. The first-order valence-corrected chi connectivity index (χ1v) is 6.29. The highest BCUT2D eigenvalue weighted by molar-refractivity contribution is 5.79. The number of nitrogens with one attached hydrogen (secondary N) is 1. The zero-order valence-electron chi connectivity index (χ0n) is 10.7. The number of aryl methyl sites for hydroxylation is 2. The largest absolute Gasteiger partial charge is 0.320 e. The van der Waals surface area contributed by atoms with Crippen LogP contribution in [0.4, 0.5) is 0 Å². The van der Waals surface area contributed by atoms with Gasteiger partial charge in [-0.25, -0.2) is 0 Å². The van der Waals surface area contributed by atoms with E-state index in [1.165, 1.54) is 29.4 Å². The first-order valence-electron chi connectivity index (χ1n) is 6.29. The molecule has 2 aromatic rings. The molecule has 90 valence electrons. The smallest absolute Gasteiger partial charge is 0.0702 e. The second-order valence-electron chi connectivity index (χ2n) is 4.60. The SMILES string of the molecule is CNCCCCc1ccc2ncc(C)cc2c1. The van der Waals surface area contributed by atoms with Crippen molar-refractivity contribution in [1.29, 1.82) is 0 Å². The van der Waals surface area contributed by atoms with Crippen LogP contribution in [0, 0.1) is 6.92 Å². The summed E-state index contributed by atoms with van der Waals surface area (Å²) in [7, 11) is 2.00. The van der Waals surface area contributed by atoms with Crippen LogP contribution in [-0.4, -0.2) is 18.6 Å². The van der Waals surface area contributed by atoms with Crippen LogP contribution in [0.15, 0.2) is 30.5 Å². The molecular formula is C15H20N2. The minimum absolute atomic E-state index is 1.09. The second kappa shape index (κ2) is 5.78. The van der Waals surface area contributed by atoms with Gasteiger partial charge >= 0.3 is 0 Å². The van der Waals surface area contributed by atoms with Gasteiger partial charge in [-0.05, 0) is 69.1 Å². The molecule has 2 heteroatoms. The fourth-order valence-corrected chi connectivity index (χ4v) is 2.08. The number of unbranched alkanes of at least 4 members (excludes halogenated alkanes) is 1. The number of fused-ring (bicyclic) bond motifs is 1. The van der Waals surface area contributed by atoms with Gasteiger partial charge in [0.25, 0.3) is 0 Å². The fourth-order valence-electron chi connectivity index (χ4n) is 2.08. The monoisotopic (exact) mass is 228 g/mol. The lowest BCUT2D eigenvalue weighted by Crippen LogP contribution is -2.07. The number of rotatable bonds is 5. The van der Waals surface area contributed by atoms with Crippen LogP contribution in [0.2, 0.25) is 0 Å². The van der Waals surface area contributed by atoms with Crippen molar-refractivity contribution in [3.8, 4) is 0 Å². The van der Waals surface area contributed by atoms with Crippen LogP contribution in [0.25, 0.3) is 10.9 Å². The molecule has 17 heavy (non-hydrogen) atoms. The van der Waals surface area contributed by atoms with Gasteiger partial charge in [0.05, 0.1) is 5.52 Å². The Kier molecular flexibility index (Phi) is 4.10. The molecule has 0 amide bonds. The van der Waals surface area contributed by atoms with Crippen molar-refractivity contribution in [1.82, 2.24) is 10.3 Å². The van der Waals surface area contributed by atoms with E-state index in [0.29, 0.717) is 0 Å². The van der Waals surface area contributed by atoms with Crippen LogP contribution in [0.3, 0.4) is 0 Å². The van der Waals surface area contributed by atoms with E-state index in [0.717, 1.165) is 18.5 Å². The Bertz CT molecular complexity index is 491. The summed E-state index contributed by atoms with van der Waals surface area (Å²) in [6.07, 6.45) is 5.56. The van der Waals surface area contributed by atoms with Crippen molar-refractivity contribution in [3.05, 3.63) is 41.6 Å². The van der Waals surface area contributed by atoms with Gasteiger partial charge in [0.2, 0.25) is 0 Å². The molecule has 0 fully saturated rings. The molecule has 1 N–H and O–H groups in total. The molecule has 0 spiro atoms. The zero-order chi connectivity index (χ0) is 12.1. The van der Waals surface area contributed by atoms with E-state index in [1.807, 2.05) is 13.2 Å². The maximum Gasteiger partial charge on any atom is 0.0702 e. The molecule has 1 aromatic carbocycles. The molecule has 0 saturated carbocycles. The predicted octanol–water partition coefficient (Wildman–Crippen LogP) is 3.09. The zero-order valence-corrected chi connectivity index (χ0v) is 10.7. The standard InChI is InChI=1S/C15H20N2/c1-12-9-14-10-13(5-3-4-8-16-2)6-7-15(14)17-11-12/h6-7,9-11,16H,3-5,8H2,1-2H3. The van der Waals surface area contributed by atoms with E-state index in [1.54, 1.807) is 0 Å². The Morgan fingerprint density at radius 1 is 1.18 bits per heavy atom. The minimum atomic E-state index is 1.09. The number of benzene rings is 1. The van der Waals surface area contributed by atoms with E-state index in [4.69, 9.17) is 0 Å². The summed E-state index contributed by atoms with van der Waals surface area (Å²) in [6, 6.07) is 8.81. The molecule has 0 unspecified atom stereocenters. The molecule has 0 aliphatic carbocycles. The van der Waals surface area contributed by atoms with Crippen molar-refractivity contribution in [3.63, 3.8) is 0 Å². The van der Waals surface area contributed by atoms with Crippen LogP contribution in [0.5, 0.6) is 0 Å². The Balaban J connectivity index is 2.08. The van der Waals surface area contributed by atoms with E-state index < -0.39 is 0 Å². The molecular weight excluding hydrogens is 208 g/mol. The molecule has 0 bridgehead atoms. The molecule has 0 radical (unpaired) electrons. The number of hydrogen-bond acceptors (Lipinski definition) is 2. The molecule has 0 saturated heterocycles. The molecule has 0 aliphatic heterocycles. The van der Waals surface area contributed by atoms with Gasteiger partial charge in [-0.15, -0.1) is 0 Å². The summed E-state index contributed by atoms with van der Waals surface area (Å²) in [5.74, 6) is 0. The third-order valence-electron chi connectivity index (χ3n) is 3.02. The lowest BCUT2D eigenvalue weighted by atomic mass is 10.0. The molecule has 2 nitrogen and oxygen atoms in total. The summed E-state index contributed by atoms with van der Waals surface area (Å²) < 4.78 is 0. The van der Waals surface area contributed by atoms with E-state index in [9.17, 15) is 0 Å². The summed E-state index contributed by atoms with van der Waals surface area (Å²) in [4.78, 5) is 4.42. The molecule has 1 aromatic heterocycles. The number of hydrogen-bond donors (Lipinski definition) is 1. The van der Waals surface area contributed by atoms with Crippen LogP contribution >= 0.6 is 0 Å². The summed E-state index contributed by atoms with van der Waals surface area (Å²) in [6.45, 7) is 3.19. The maximum absolute atomic E-state index is 4.42. The maximum atomic E-state index is 4.42. The topological polar surface area (TPSA) is 24.9 Å². The Morgan fingerprint density at radius 3 is 2.88 bits per heavy atom. The molecule has 0 atom stereocenters. The van der Waals surface area contributed by atoms with Crippen molar-refractivity contribution < 1.29 is 0 Å². The lowest BCUT2D eigenvalue weighted by Gasteiger charge is -2.04. The molecule has 2 rings (SSSR count). The van der Waals surface area contributed by atoms with E-state index >= 15 is 0 Å². The van der Waals surface area contributed by atoms with E-state index in [2.05, 4.69) is 41.5 Å². The highest BCUT2D eigenvalue weighted by atomic mass is 14.8. The average Bonchev–Trinajstić information content (AvgIpc) is 2.34. The van der Waals surface area contributed by atoms with Gasteiger partial charge in [0.1, 0.15) is 0 Å².